The number of furan rings is 1. The number of likely N-dealkylation sites (tertiary alicyclic amines) is 1. The molecule has 0 unspecified atom stereocenters. The molecule has 2 aromatic rings. The minimum Gasteiger partial charge on any atom is -0.461 e. The summed E-state index contributed by atoms with van der Waals surface area (Å²) >= 11 is 0. The Kier molecular flexibility index (Phi) is 4.59. The van der Waals surface area contributed by atoms with Crippen LogP contribution >= 0.6 is 0 Å². The Bertz CT molecular complexity index is 772. The molecule has 0 radical (unpaired) electrons. The van der Waals surface area contributed by atoms with E-state index >= 15 is 0 Å². The standard InChI is InChI=1S/C21H25NO4/c1-15-4-9-18(26-15)16-5-7-17(8-6-16)20(24)22-12-10-21(11-13-22)19(23)3-2-14-25-21/h4-9,19,23H,2-3,10-14H2,1H3/t19-/m0/s1. The SMILES string of the molecule is Cc1ccc(-c2ccc(C(=O)N3CCC4(CC3)OCCC[C@@H]4O)cc2)o1. The van der Waals surface area contributed by atoms with E-state index in [1.54, 1.807) is 0 Å². The van der Waals surface area contributed by atoms with Crippen LogP contribution in [0.5, 0.6) is 0 Å². The smallest absolute Gasteiger partial charge is 0.253 e. The van der Waals surface area contributed by atoms with Crippen LogP contribution in [0.4, 0.5) is 0 Å². The number of ether oxygens (including phenoxy) is 1. The van der Waals surface area contributed by atoms with E-state index in [1.165, 1.54) is 0 Å². The summed E-state index contributed by atoms with van der Waals surface area (Å²) in [5, 5.41) is 10.3. The molecule has 3 heterocycles. The van der Waals surface area contributed by atoms with Gasteiger partial charge in [0.05, 0.1) is 11.7 Å². The van der Waals surface area contributed by atoms with E-state index in [0.717, 1.165) is 29.9 Å². The maximum Gasteiger partial charge on any atom is 0.253 e. The minimum absolute atomic E-state index is 0.0346. The number of piperidine rings is 1. The molecule has 2 aliphatic heterocycles. The van der Waals surface area contributed by atoms with Gasteiger partial charge in [-0.1, -0.05) is 12.1 Å². The number of aliphatic hydroxyl groups excluding tert-OH is 1. The molecule has 1 aromatic heterocycles. The van der Waals surface area contributed by atoms with E-state index in [-0.39, 0.29) is 5.91 Å². The Balaban J connectivity index is 1.42. The van der Waals surface area contributed by atoms with Gasteiger partial charge < -0.3 is 19.2 Å². The van der Waals surface area contributed by atoms with Gasteiger partial charge in [-0.15, -0.1) is 0 Å². The van der Waals surface area contributed by atoms with Gasteiger partial charge in [0.15, 0.2) is 0 Å². The molecular weight excluding hydrogens is 330 g/mol. The normalized spacial score (nSPS) is 22.5. The van der Waals surface area contributed by atoms with E-state index < -0.39 is 11.7 Å². The summed E-state index contributed by atoms with van der Waals surface area (Å²) in [6.07, 6.45) is 2.69. The Hall–Kier alpha value is -2.11. The molecule has 2 fully saturated rings. The first-order valence-electron chi connectivity index (χ1n) is 9.36. The molecule has 0 saturated carbocycles. The molecule has 138 valence electrons. The van der Waals surface area contributed by atoms with Gasteiger partial charge in [-0.2, -0.15) is 0 Å². The van der Waals surface area contributed by atoms with Crippen molar-refractivity contribution in [3.8, 4) is 11.3 Å². The third-order valence-electron chi connectivity index (χ3n) is 5.67. The van der Waals surface area contributed by atoms with E-state index in [2.05, 4.69) is 0 Å². The molecule has 1 aromatic carbocycles. The lowest BCUT2D eigenvalue weighted by molar-refractivity contribution is -0.174. The summed E-state index contributed by atoms with van der Waals surface area (Å²) in [6.45, 7) is 3.86. The molecule has 2 saturated heterocycles. The molecule has 1 amide bonds. The first kappa shape index (κ1) is 17.3. The number of carbonyl (C=O) groups excluding carboxylic acids is 1. The molecule has 26 heavy (non-hydrogen) atoms. The van der Waals surface area contributed by atoms with Crippen molar-refractivity contribution in [2.75, 3.05) is 19.7 Å². The van der Waals surface area contributed by atoms with E-state index in [4.69, 9.17) is 9.15 Å². The van der Waals surface area contributed by atoms with Crippen molar-refractivity contribution in [1.29, 1.82) is 0 Å². The van der Waals surface area contributed by atoms with E-state index in [0.29, 0.717) is 38.1 Å². The summed E-state index contributed by atoms with van der Waals surface area (Å²) in [7, 11) is 0. The zero-order valence-corrected chi connectivity index (χ0v) is 15.1. The number of rotatable bonds is 2. The van der Waals surface area contributed by atoms with Gasteiger partial charge in [0.1, 0.15) is 11.5 Å². The third-order valence-corrected chi connectivity index (χ3v) is 5.67. The second-order valence-corrected chi connectivity index (χ2v) is 7.35. The number of aliphatic hydroxyl groups is 1. The topological polar surface area (TPSA) is 62.9 Å². The third kappa shape index (κ3) is 3.17. The van der Waals surface area contributed by atoms with Crippen molar-refractivity contribution < 1.29 is 19.1 Å². The van der Waals surface area contributed by atoms with Crippen LogP contribution in [0.3, 0.4) is 0 Å². The van der Waals surface area contributed by atoms with Crippen molar-refractivity contribution in [1.82, 2.24) is 4.90 Å². The summed E-state index contributed by atoms with van der Waals surface area (Å²) in [6, 6.07) is 11.4. The summed E-state index contributed by atoms with van der Waals surface area (Å²) < 4.78 is 11.5. The maximum atomic E-state index is 12.8. The summed E-state index contributed by atoms with van der Waals surface area (Å²) in [4.78, 5) is 14.7. The second-order valence-electron chi connectivity index (χ2n) is 7.35. The number of carbonyl (C=O) groups is 1. The van der Waals surface area contributed by atoms with Crippen LogP contribution in [-0.4, -0.2) is 47.3 Å². The van der Waals surface area contributed by atoms with Crippen LogP contribution in [0.15, 0.2) is 40.8 Å². The molecule has 0 aliphatic carbocycles. The number of nitrogens with zero attached hydrogens (tertiary/aromatic N) is 1. The van der Waals surface area contributed by atoms with E-state index in [1.807, 2.05) is 48.2 Å². The van der Waals surface area contributed by atoms with Crippen LogP contribution in [0.1, 0.15) is 41.8 Å². The highest BCUT2D eigenvalue weighted by Gasteiger charge is 2.44. The zero-order chi connectivity index (χ0) is 18.1. The summed E-state index contributed by atoms with van der Waals surface area (Å²) in [5.74, 6) is 1.71. The first-order valence-corrected chi connectivity index (χ1v) is 9.36. The van der Waals surface area contributed by atoms with Crippen molar-refractivity contribution in [3.05, 3.63) is 47.7 Å². The molecule has 0 bridgehead atoms. The van der Waals surface area contributed by atoms with Gasteiger partial charge in [-0.05, 0) is 56.9 Å². The molecule has 5 nitrogen and oxygen atoms in total. The van der Waals surface area contributed by atoms with Crippen LogP contribution < -0.4 is 0 Å². The van der Waals surface area contributed by atoms with Crippen LogP contribution in [0, 0.1) is 6.92 Å². The Labute approximate surface area is 153 Å². The maximum absolute atomic E-state index is 12.8. The Morgan fingerprint density at radius 3 is 2.50 bits per heavy atom. The lowest BCUT2D eigenvalue weighted by Crippen LogP contribution is -2.56. The van der Waals surface area contributed by atoms with Gasteiger partial charge in [0.2, 0.25) is 0 Å². The highest BCUT2D eigenvalue weighted by Crippen LogP contribution is 2.35. The Morgan fingerprint density at radius 1 is 1.15 bits per heavy atom. The van der Waals surface area contributed by atoms with Crippen molar-refractivity contribution in [3.63, 3.8) is 0 Å². The fraction of sp³-hybridized carbons (Fsp3) is 0.476. The fourth-order valence-electron chi connectivity index (χ4n) is 4.03. The molecule has 2 aliphatic rings. The second kappa shape index (κ2) is 6.89. The number of amides is 1. The van der Waals surface area contributed by atoms with Gasteiger partial charge in [-0.25, -0.2) is 0 Å². The van der Waals surface area contributed by atoms with Crippen LogP contribution in [-0.2, 0) is 4.74 Å². The number of benzene rings is 1. The van der Waals surface area contributed by atoms with Crippen LogP contribution in [0.25, 0.3) is 11.3 Å². The highest BCUT2D eigenvalue weighted by molar-refractivity contribution is 5.94. The summed E-state index contributed by atoms with van der Waals surface area (Å²) in [5.41, 5.74) is 1.19. The van der Waals surface area contributed by atoms with Crippen molar-refractivity contribution in [2.45, 2.75) is 44.3 Å². The van der Waals surface area contributed by atoms with Gasteiger partial charge in [-0.3, -0.25) is 4.79 Å². The monoisotopic (exact) mass is 355 g/mol. The predicted octanol–water partition coefficient (Wildman–Crippen LogP) is 3.40. The van der Waals surface area contributed by atoms with Crippen molar-refractivity contribution in [2.24, 2.45) is 0 Å². The molecule has 5 heteroatoms. The van der Waals surface area contributed by atoms with Gasteiger partial charge in [0.25, 0.3) is 5.91 Å². The van der Waals surface area contributed by atoms with Gasteiger partial charge in [0, 0.05) is 30.8 Å². The van der Waals surface area contributed by atoms with Crippen molar-refractivity contribution >= 4 is 5.91 Å². The quantitative estimate of drug-likeness (QED) is 0.897. The number of hydrogen-bond donors (Lipinski definition) is 1. The number of aryl methyl sites for hydroxylation is 1. The lowest BCUT2D eigenvalue weighted by atomic mass is 9.82. The molecule has 1 N–H and O–H groups in total. The fourth-order valence-corrected chi connectivity index (χ4v) is 4.03. The Morgan fingerprint density at radius 2 is 1.88 bits per heavy atom. The molecule has 1 atom stereocenters. The molecule has 4 rings (SSSR count). The molecular formula is C21H25NO4. The predicted molar refractivity (Wildman–Crippen MR) is 97.9 cm³/mol. The zero-order valence-electron chi connectivity index (χ0n) is 15.1. The average Bonchev–Trinajstić information content (AvgIpc) is 3.11. The first-order chi connectivity index (χ1) is 12.6. The van der Waals surface area contributed by atoms with E-state index in [9.17, 15) is 9.90 Å². The largest absolute Gasteiger partial charge is 0.461 e. The van der Waals surface area contributed by atoms with Gasteiger partial charge >= 0.3 is 0 Å². The number of hydrogen-bond acceptors (Lipinski definition) is 4. The highest BCUT2D eigenvalue weighted by atomic mass is 16.5. The van der Waals surface area contributed by atoms with Crippen LogP contribution in [0.2, 0.25) is 0 Å². The minimum atomic E-state index is -0.448. The molecule has 1 spiro atoms. The average molecular weight is 355 g/mol. The lowest BCUT2D eigenvalue weighted by Gasteiger charge is -2.46.